The molecule has 0 N–H and O–H groups in total. The number of pyridine rings is 1. The van der Waals surface area contributed by atoms with Crippen molar-refractivity contribution in [3.05, 3.63) is 53.7 Å². The maximum Gasteiger partial charge on any atom is 0.0819 e. The standard InChI is InChI=1S/C17H15B2N/c1-15-10-17(15,19)13-12(16(15,2)18)8-9-20-14(13)11-6-4-3-5-7-11/h3-9H,10H2,1-2H3. The topological polar surface area (TPSA) is 12.9 Å². The van der Waals surface area contributed by atoms with Gasteiger partial charge in [0.2, 0.25) is 0 Å². The van der Waals surface area contributed by atoms with Crippen LogP contribution < -0.4 is 0 Å². The summed E-state index contributed by atoms with van der Waals surface area (Å²) >= 11 is 0. The normalized spacial score (nSPS) is 37.3. The van der Waals surface area contributed by atoms with Crippen molar-refractivity contribution in [3.63, 3.8) is 0 Å². The first kappa shape index (κ1) is 12.3. The zero-order valence-electron chi connectivity index (χ0n) is 11.9. The molecule has 4 radical (unpaired) electrons. The molecule has 0 spiro atoms. The fraction of sp³-hybridized carbons (Fsp3) is 0.353. The molecule has 1 fully saturated rings. The molecule has 0 bridgehead atoms. The second-order valence-electron chi connectivity index (χ2n) is 6.63. The minimum atomic E-state index is -0.385. The summed E-state index contributed by atoms with van der Waals surface area (Å²) in [5.74, 6) is 0. The number of benzene rings is 1. The van der Waals surface area contributed by atoms with Crippen molar-refractivity contribution in [1.29, 1.82) is 0 Å². The van der Waals surface area contributed by atoms with E-state index in [9.17, 15) is 0 Å². The maximum atomic E-state index is 6.69. The zero-order valence-corrected chi connectivity index (χ0v) is 11.9. The van der Waals surface area contributed by atoms with Crippen molar-refractivity contribution in [3.8, 4) is 11.3 Å². The molecule has 3 unspecified atom stereocenters. The molecule has 2 aliphatic carbocycles. The summed E-state index contributed by atoms with van der Waals surface area (Å²) in [5.41, 5.74) is 4.35. The average molecular weight is 255 g/mol. The van der Waals surface area contributed by atoms with Gasteiger partial charge in [0.05, 0.1) is 21.4 Å². The first-order chi connectivity index (χ1) is 9.42. The Kier molecular flexibility index (Phi) is 2.08. The third kappa shape index (κ3) is 1.16. The third-order valence-corrected chi connectivity index (χ3v) is 5.64. The predicted molar refractivity (Wildman–Crippen MR) is 82.9 cm³/mol. The highest BCUT2D eigenvalue weighted by Crippen LogP contribution is 2.76. The fourth-order valence-electron chi connectivity index (χ4n) is 3.98. The Bertz CT molecular complexity index is 710. The van der Waals surface area contributed by atoms with E-state index < -0.39 is 0 Å². The van der Waals surface area contributed by atoms with Crippen LogP contribution in [0.15, 0.2) is 42.6 Å². The van der Waals surface area contributed by atoms with Crippen molar-refractivity contribution in [1.82, 2.24) is 4.98 Å². The van der Waals surface area contributed by atoms with Crippen LogP contribution in [0.25, 0.3) is 11.3 Å². The van der Waals surface area contributed by atoms with Gasteiger partial charge >= 0.3 is 0 Å². The van der Waals surface area contributed by atoms with Crippen molar-refractivity contribution in [2.24, 2.45) is 5.41 Å². The van der Waals surface area contributed by atoms with E-state index in [2.05, 4.69) is 31.0 Å². The molecule has 3 atom stereocenters. The van der Waals surface area contributed by atoms with Crippen molar-refractivity contribution in [2.75, 3.05) is 0 Å². The Morgan fingerprint density at radius 3 is 2.45 bits per heavy atom. The highest BCUT2D eigenvalue weighted by atomic mass is 14.8. The molecule has 0 saturated heterocycles. The highest BCUT2D eigenvalue weighted by Gasteiger charge is 2.73. The number of nitrogens with zero attached hydrogens (tertiary/aromatic N) is 1. The summed E-state index contributed by atoms with van der Waals surface area (Å²) in [6.45, 7) is 4.30. The van der Waals surface area contributed by atoms with Crippen LogP contribution in [-0.2, 0) is 10.6 Å². The van der Waals surface area contributed by atoms with Crippen LogP contribution in [0.2, 0.25) is 0 Å². The quantitative estimate of drug-likeness (QED) is 0.714. The van der Waals surface area contributed by atoms with Gasteiger partial charge in [0.25, 0.3) is 0 Å². The van der Waals surface area contributed by atoms with Crippen LogP contribution in [0.4, 0.5) is 0 Å². The summed E-state index contributed by atoms with van der Waals surface area (Å²) in [6, 6.07) is 12.3. The number of fused-ring (bicyclic) bond motifs is 3. The van der Waals surface area contributed by atoms with Gasteiger partial charge in [0, 0.05) is 11.8 Å². The monoisotopic (exact) mass is 255 g/mol. The lowest BCUT2D eigenvalue weighted by atomic mass is 9.57. The van der Waals surface area contributed by atoms with Crippen LogP contribution in [0.1, 0.15) is 31.4 Å². The van der Waals surface area contributed by atoms with E-state index in [1.54, 1.807) is 0 Å². The molecular weight excluding hydrogens is 240 g/mol. The average Bonchev–Trinajstić information content (AvgIpc) is 3.00. The smallest absolute Gasteiger partial charge is 0.0819 e. The van der Waals surface area contributed by atoms with Gasteiger partial charge in [-0.3, -0.25) is 4.98 Å². The zero-order chi connectivity index (χ0) is 14.2. The predicted octanol–water partition coefficient (Wildman–Crippen LogP) is 2.92. The van der Waals surface area contributed by atoms with Gasteiger partial charge in [-0.25, -0.2) is 0 Å². The molecule has 3 heteroatoms. The second-order valence-corrected chi connectivity index (χ2v) is 6.63. The summed E-state index contributed by atoms with van der Waals surface area (Å²) in [5, 5.41) is -0.713. The minimum absolute atomic E-state index is 0.0606. The minimum Gasteiger partial charge on any atom is -0.256 e. The van der Waals surface area contributed by atoms with Crippen LogP contribution in [0.5, 0.6) is 0 Å². The Morgan fingerprint density at radius 2 is 1.75 bits per heavy atom. The number of rotatable bonds is 1. The van der Waals surface area contributed by atoms with E-state index in [1.807, 2.05) is 30.5 Å². The lowest BCUT2D eigenvalue weighted by molar-refractivity contribution is 0.416. The van der Waals surface area contributed by atoms with E-state index >= 15 is 0 Å². The Labute approximate surface area is 122 Å². The first-order valence-electron chi connectivity index (χ1n) is 7.05. The molecule has 1 aromatic heterocycles. The Balaban J connectivity index is 2.03. The lowest BCUT2D eigenvalue weighted by Crippen LogP contribution is -2.31. The molecule has 1 saturated carbocycles. The third-order valence-electron chi connectivity index (χ3n) is 5.64. The van der Waals surface area contributed by atoms with Crippen LogP contribution in [-0.4, -0.2) is 20.7 Å². The number of aromatic nitrogens is 1. The molecule has 1 nitrogen and oxygen atoms in total. The molecular formula is C17H15B2N. The van der Waals surface area contributed by atoms with E-state index in [0.29, 0.717) is 0 Å². The fourth-order valence-corrected chi connectivity index (χ4v) is 3.98. The number of hydrogen-bond acceptors (Lipinski definition) is 1. The number of hydrogen-bond donors (Lipinski definition) is 0. The van der Waals surface area contributed by atoms with E-state index in [1.165, 1.54) is 0 Å². The van der Waals surface area contributed by atoms with Gasteiger partial charge in [0.15, 0.2) is 0 Å². The summed E-state index contributed by atoms with van der Waals surface area (Å²) in [7, 11) is 13.3. The SMILES string of the molecule is [B]C1(C)c2ccnc(-c3ccccc3)c2C2([B])CC12C. The molecule has 94 valence electrons. The molecule has 2 aliphatic rings. The Hall–Kier alpha value is -1.50. The van der Waals surface area contributed by atoms with Crippen LogP contribution >= 0.6 is 0 Å². The maximum absolute atomic E-state index is 6.69. The lowest BCUT2D eigenvalue weighted by Gasteiger charge is -2.30. The summed E-state index contributed by atoms with van der Waals surface area (Å²) in [6.07, 6.45) is 2.79. The van der Waals surface area contributed by atoms with Crippen molar-refractivity contribution >= 4 is 15.7 Å². The van der Waals surface area contributed by atoms with Gasteiger partial charge in [-0.1, -0.05) is 44.2 Å². The van der Waals surface area contributed by atoms with E-state index in [-0.39, 0.29) is 16.0 Å². The molecule has 4 rings (SSSR count). The molecule has 0 aliphatic heterocycles. The van der Waals surface area contributed by atoms with E-state index in [0.717, 1.165) is 28.8 Å². The Morgan fingerprint density at radius 1 is 1.05 bits per heavy atom. The van der Waals surface area contributed by atoms with Gasteiger partial charge in [-0.15, -0.1) is 0 Å². The van der Waals surface area contributed by atoms with Crippen LogP contribution in [0.3, 0.4) is 0 Å². The van der Waals surface area contributed by atoms with E-state index in [4.69, 9.17) is 15.7 Å². The largest absolute Gasteiger partial charge is 0.256 e. The molecule has 1 aromatic carbocycles. The molecule has 2 aromatic rings. The second kappa shape index (κ2) is 3.39. The van der Waals surface area contributed by atoms with Gasteiger partial charge in [0.1, 0.15) is 0 Å². The molecule has 0 amide bonds. The van der Waals surface area contributed by atoms with Gasteiger partial charge in [-0.05, 0) is 39.7 Å². The van der Waals surface area contributed by atoms with Crippen molar-refractivity contribution < 1.29 is 0 Å². The molecule has 1 heterocycles. The molecule has 20 heavy (non-hydrogen) atoms. The van der Waals surface area contributed by atoms with Gasteiger partial charge < -0.3 is 0 Å². The first-order valence-corrected chi connectivity index (χ1v) is 7.05. The van der Waals surface area contributed by atoms with Crippen molar-refractivity contribution in [2.45, 2.75) is 30.9 Å². The van der Waals surface area contributed by atoms with Crippen LogP contribution in [0, 0.1) is 5.41 Å². The summed E-state index contributed by atoms with van der Waals surface area (Å²) in [4.78, 5) is 4.60. The summed E-state index contributed by atoms with van der Waals surface area (Å²) < 4.78 is 0. The highest BCUT2D eigenvalue weighted by molar-refractivity contribution is 6.26. The van der Waals surface area contributed by atoms with Gasteiger partial charge in [-0.2, -0.15) is 0 Å².